The Bertz CT molecular complexity index is 1540. The summed E-state index contributed by atoms with van der Waals surface area (Å²) in [5, 5.41) is 18.9. The summed E-state index contributed by atoms with van der Waals surface area (Å²) in [6.07, 6.45) is -2.37. The van der Waals surface area contributed by atoms with Gasteiger partial charge in [-0.25, -0.2) is 9.67 Å². The smallest absolute Gasteiger partial charge is 0.406 e. The third-order valence-corrected chi connectivity index (χ3v) is 6.74. The molecule has 3 N–H and O–H groups in total. The summed E-state index contributed by atoms with van der Waals surface area (Å²) in [6, 6.07) is 21.0. The summed E-state index contributed by atoms with van der Waals surface area (Å²) in [4.78, 5) is 4.33. The largest absolute Gasteiger partial charge is 0.573 e. The minimum atomic E-state index is -4.74. The first-order chi connectivity index (χ1) is 19.6. The van der Waals surface area contributed by atoms with Crippen molar-refractivity contribution in [3.8, 4) is 22.8 Å². The van der Waals surface area contributed by atoms with Crippen molar-refractivity contribution in [1.82, 2.24) is 20.1 Å². The minimum Gasteiger partial charge on any atom is -0.406 e. The van der Waals surface area contributed by atoms with Crippen molar-refractivity contribution in [3.05, 3.63) is 90.3 Å². The predicted molar refractivity (Wildman–Crippen MR) is 153 cm³/mol. The fourth-order valence-electron chi connectivity index (χ4n) is 4.46. The van der Waals surface area contributed by atoms with Crippen molar-refractivity contribution in [2.75, 3.05) is 5.32 Å². The molecule has 1 heterocycles. The molecule has 12 heteroatoms. The zero-order chi connectivity index (χ0) is 29.1. The van der Waals surface area contributed by atoms with Crippen LogP contribution in [0.2, 0.25) is 0 Å². The number of hydrogen-bond donors (Lipinski definition) is 3. The normalized spacial score (nSPS) is 16.2. The van der Waals surface area contributed by atoms with Crippen LogP contribution in [0.15, 0.2) is 79.1 Å². The second kappa shape index (κ2) is 11.6. The first-order valence-corrected chi connectivity index (χ1v) is 13.3. The average molecular weight is 581 g/mol. The van der Waals surface area contributed by atoms with Crippen LogP contribution in [0.25, 0.3) is 17.1 Å². The number of para-hydroxylation sites is 1. The first-order valence-electron chi connectivity index (χ1n) is 12.9. The lowest BCUT2D eigenvalue weighted by Crippen LogP contribution is -2.31. The van der Waals surface area contributed by atoms with Gasteiger partial charge in [0.15, 0.2) is 5.82 Å². The molecule has 8 nitrogen and oxygen atoms in total. The van der Waals surface area contributed by atoms with Crippen molar-refractivity contribution in [3.63, 3.8) is 0 Å². The van der Waals surface area contributed by atoms with Crippen LogP contribution >= 0.6 is 12.2 Å². The van der Waals surface area contributed by atoms with Gasteiger partial charge in [0.1, 0.15) is 12.1 Å². The van der Waals surface area contributed by atoms with Crippen molar-refractivity contribution >= 4 is 29.1 Å². The number of anilines is 1. The van der Waals surface area contributed by atoms with Crippen LogP contribution in [0.1, 0.15) is 43.2 Å². The SMILES string of the molecule is CC(C)c1ccccc1NC(=N)OC(=S)NC1CC1c1ccc(-c2ncn(-c3ccc(OC(F)(F)F)cc3)n2)cc1. The Morgan fingerprint density at radius 1 is 1.05 bits per heavy atom. The summed E-state index contributed by atoms with van der Waals surface area (Å²) >= 11 is 5.32. The quantitative estimate of drug-likeness (QED) is 0.126. The summed E-state index contributed by atoms with van der Waals surface area (Å²) in [5.74, 6) is 0.721. The second-order valence-electron chi connectivity index (χ2n) is 9.86. The van der Waals surface area contributed by atoms with E-state index in [0.717, 1.165) is 28.8 Å². The summed E-state index contributed by atoms with van der Waals surface area (Å²) < 4.78 is 48.0. The number of nitrogens with one attached hydrogen (secondary N) is 3. The molecule has 4 aromatic rings. The number of hydrogen-bond acceptors (Lipinski definition) is 6. The molecule has 0 saturated heterocycles. The molecule has 1 fully saturated rings. The van der Waals surface area contributed by atoms with E-state index in [9.17, 15) is 13.2 Å². The molecule has 0 spiro atoms. The molecule has 0 radical (unpaired) electrons. The molecule has 0 aliphatic heterocycles. The molecule has 212 valence electrons. The molecule has 0 amide bonds. The molecule has 2 atom stereocenters. The third kappa shape index (κ3) is 7.20. The minimum absolute atomic E-state index is 0.103. The zero-order valence-corrected chi connectivity index (χ0v) is 23.0. The molecule has 1 aromatic heterocycles. The van der Waals surface area contributed by atoms with Crippen LogP contribution in [-0.2, 0) is 4.74 Å². The maximum atomic E-state index is 12.4. The summed E-state index contributed by atoms with van der Waals surface area (Å²) in [7, 11) is 0. The Kier molecular flexibility index (Phi) is 7.93. The van der Waals surface area contributed by atoms with Crippen LogP contribution in [-0.4, -0.2) is 38.4 Å². The molecular formula is C29H27F3N6O2S. The van der Waals surface area contributed by atoms with Gasteiger partial charge in [0.05, 0.1) is 5.69 Å². The Hall–Kier alpha value is -4.45. The highest BCUT2D eigenvalue weighted by Gasteiger charge is 2.39. The van der Waals surface area contributed by atoms with Crippen LogP contribution in [0.4, 0.5) is 18.9 Å². The van der Waals surface area contributed by atoms with Gasteiger partial charge in [0.2, 0.25) is 0 Å². The zero-order valence-electron chi connectivity index (χ0n) is 22.1. The Balaban J connectivity index is 1.13. The molecule has 0 bridgehead atoms. The molecular weight excluding hydrogens is 553 g/mol. The summed E-state index contributed by atoms with van der Waals surface area (Å²) in [6.45, 7) is 4.17. The van der Waals surface area contributed by atoms with E-state index in [1.54, 1.807) is 0 Å². The van der Waals surface area contributed by atoms with Crippen LogP contribution in [0.5, 0.6) is 5.75 Å². The molecule has 1 saturated carbocycles. The number of benzene rings is 3. The number of ether oxygens (including phenoxy) is 2. The third-order valence-electron chi connectivity index (χ3n) is 6.54. The van der Waals surface area contributed by atoms with Crippen LogP contribution < -0.4 is 15.4 Å². The predicted octanol–water partition coefficient (Wildman–Crippen LogP) is 6.75. The van der Waals surface area contributed by atoms with Gasteiger partial charge >= 0.3 is 6.36 Å². The highest BCUT2D eigenvalue weighted by molar-refractivity contribution is 7.80. The van der Waals surface area contributed by atoms with E-state index >= 15 is 0 Å². The number of alkyl halides is 3. The highest BCUT2D eigenvalue weighted by Crippen LogP contribution is 2.41. The fraction of sp³-hybridized carbons (Fsp3) is 0.241. The molecule has 1 aliphatic rings. The van der Waals surface area contributed by atoms with E-state index in [1.165, 1.54) is 35.3 Å². The molecule has 3 aromatic carbocycles. The topological polar surface area (TPSA) is 97.1 Å². The van der Waals surface area contributed by atoms with Gasteiger partial charge < -0.3 is 20.1 Å². The Labute approximate surface area is 240 Å². The lowest BCUT2D eigenvalue weighted by Gasteiger charge is -2.15. The Morgan fingerprint density at radius 3 is 2.44 bits per heavy atom. The monoisotopic (exact) mass is 580 g/mol. The fourth-order valence-corrected chi connectivity index (χ4v) is 4.69. The van der Waals surface area contributed by atoms with E-state index in [1.807, 2.05) is 48.5 Å². The van der Waals surface area contributed by atoms with E-state index in [-0.39, 0.29) is 28.9 Å². The molecule has 2 unspecified atom stereocenters. The van der Waals surface area contributed by atoms with Gasteiger partial charge in [-0.2, -0.15) is 0 Å². The Morgan fingerprint density at radius 2 is 1.76 bits per heavy atom. The van der Waals surface area contributed by atoms with E-state index in [2.05, 4.69) is 39.3 Å². The lowest BCUT2D eigenvalue weighted by molar-refractivity contribution is -0.274. The van der Waals surface area contributed by atoms with E-state index in [0.29, 0.717) is 17.4 Å². The van der Waals surface area contributed by atoms with Crippen LogP contribution in [0, 0.1) is 5.41 Å². The molecule has 1 aliphatic carbocycles. The van der Waals surface area contributed by atoms with Crippen molar-refractivity contribution in [2.24, 2.45) is 0 Å². The van der Waals surface area contributed by atoms with E-state index in [4.69, 9.17) is 22.4 Å². The van der Waals surface area contributed by atoms with Crippen molar-refractivity contribution in [1.29, 1.82) is 5.41 Å². The average Bonchev–Trinajstić information content (AvgIpc) is 3.49. The number of nitrogens with zero attached hydrogens (tertiary/aromatic N) is 3. The standard InChI is InChI=1S/C29H27F3N6O2S/c1-17(2)22-5-3-4-6-24(22)35-27(33)39-28(41)36-25-15-23(25)18-7-9-19(10-8-18)26-34-16-38(37-26)20-11-13-21(14-12-20)40-29(30,31)32/h3-14,16-17,23,25H,15H2,1-2H3,(H2,33,35)(H,36,41). The molecule has 41 heavy (non-hydrogen) atoms. The maximum absolute atomic E-state index is 12.4. The number of rotatable bonds is 7. The van der Waals surface area contributed by atoms with Gasteiger partial charge in [0.25, 0.3) is 11.2 Å². The van der Waals surface area contributed by atoms with Gasteiger partial charge in [-0.1, -0.05) is 56.3 Å². The lowest BCUT2D eigenvalue weighted by atomic mass is 10.0. The van der Waals surface area contributed by atoms with Crippen LogP contribution in [0.3, 0.4) is 0 Å². The van der Waals surface area contributed by atoms with E-state index < -0.39 is 6.36 Å². The second-order valence-corrected chi connectivity index (χ2v) is 10.2. The van der Waals surface area contributed by atoms with Crippen molar-refractivity contribution in [2.45, 2.75) is 44.5 Å². The van der Waals surface area contributed by atoms with Gasteiger partial charge in [-0.05, 0) is 66.0 Å². The first kappa shape index (κ1) is 28.1. The van der Waals surface area contributed by atoms with Gasteiger partial charge in [-0.15, -0.1) is 18.3 Å². The number of thiocarbonyl (C=S) groups is 1. The van der Waals surface area contributed by atoms with Crippen molar-refractivity contribution < 1.29 is 22.6 Å². The maximum Gasteiger partial charge on any atom is 0.573 e. The molecule has 5 rings (SSSR count). The number of amidine groups is 1. The number of halogens is 3. The van der Waals surface area contributed by atoms with Gasteiger partial charge in [0, 0.05) is 23.2 Å². The van der Waals surface area contributed by atoms with Gasteiger partial charge in [-0.3, -0.25) is 5.41 Å². The summed E-state index contributed by atoms with van der Waals surface area (Å²) in [5.41, 5.74) is 4.36. The highest BCUT2D eigenvalue weighted by atomic mass is 32.1. The number of aromatic nitrogens is 3.